The SMILES string of the molecule is Cc1cc2c(cc1Br)OC(CN)C(=O)N2. The normalized spacial score (nSPS) is 19.1. The Hall–Kier alpha value is -1.07. The minimum absolute atomic E-state index is 0.177. The molecule has 0 spiro atoms. The molecule has 5 heteroatoms. The van der Waals surface area contributed by atoms with Gasteiger partial charge < -0.3 is 15.8 Å². The zero-order chi connectivity index (χ0) is 11.0. The monoisotopic (exact) mass is 270 g/mol. The lowest BCUT2D eigenvalue weighted by atomic mass is 10.1. The molecule has 1 aromatic carbocycles. The standard InChI is InChI=1S/C10H11BrN2O2/c1-5-2-7-8(3-6(5)11)15-9(4-12)10(14)13-7/h2-3,9H,4,12H2,1H3,(H,13,14). The molecule has 80 valence electrons. The summed E-state index contributed by atoms with van der Waals surface area (Å²) in [7, 11) is 0. The summed E-state index contributed by atoms with van der Waals surface area (Å²) in [4.78, 5) is 11.5. The quantitative estimate of drug-likeness (QED) is 0.811. The van der Waals surface area contributed by atoms with Crippen LogP contribution < -0.4 is 15.8 Å². The van der Waals surface area contributed by atoms with Crippen molar-refractivity contribution < 1.29 is 9.53 Å². The van der Waals surface area contributed by atoms with Gasteiger partial charge in [0.1, 0.15) is 5.75 Å². The van der Waals surface area contributed by atoms with Crippen molar-refractivity contribution in [2.24, 2.45) is 5.73 Å². The van der Waals surface area contributed by atoms with E-state index in [1.165, 1.54) is 0 Å². The van der Waals surface area contributed by atoms with Crippen molar-refractivity contribution in [2.45, 2.75) is 13.0 Å². The van der Waals surface area contributed by atoms with E-state index < -0.39 is 6.10 Å². The topological polar surface area (TPSA) is 64.3 Å². The van der Waals surface area contributed by atoms with Crippen LogP contribution in [0.1, 0.15) is 5.56 Å². The number of fused-ring (bicyclic) bond motifs is 1. The number of nitrogens with two attached hydrogens (primary N) is 1. The van der Waals surface area contributed by atoms with Crippen LogP contribution in [0, 0.1) is 6.92 Å². The van der Waals surface area contributed by atoms with Gasteiger partial charge >= 0.3 is 0 Å². The van der Waals surface area contributed by atoms with Gasteiger partial charge in [0.2, 0.25) is 0 Å². The molecule has 0 bridgehead atoms. The Morgan fingerprint density at radius 1 is 1.60 bits per heavy atom. The highest BCUT2D eigenvalue weighted by Crippen LogP contribution is 2.34. The highest BCUT2D eigenvalue weighted by Gasteiger charge is 2.26. The van der Waals surface area contributed by atoms with Gasteiger partial charge in [0, 0.05) is 11.0 Å². The van der Waals surface area contributed by atoms with E-state index >= 15 is 0 Å². The zero-order valence-corrected chi connectivity index (χ0v) is 9.80. The number of rotatable bonds is 1. The Morgan fingerprint density at radius 2 is 2.33 bits per heavy atom. The van der Waals surface area contributed by atoms with Crippen LogP contribution in [0.15, 0.2) is 16.6 Å². The molecule has 1 amide bonds. The zero-order valence-electron chi connectivity index (χ0n) is 8.21. The summed E-state index contributed by atoms with van der Waals surface area (Å²) in [5.74, 6) is 0.467. The average Bonchev–Trinajstić information content (AvgIpc) is 2.20. The van der Waals surface area contributed by atoms with Gasteiger partial charge in [-0.1, -0.05) is 15.9 Å². The lowest BCUT2D eigenvalue weighted by molar-refractivity contribution is -0.123. The maximum atomic E-state index is 11.5. The van der Waals surface area contributed by atoms with Gasteiger partial charge in [-0.25, -0.2) is 0 Å². The minimum atomic E-state index is -0.591. The molecule has 0 radical (unpaired) electrons. The van der Waals surface area contributed by atoms with Crippen LogP contribution >= 0.6 is 15.9 Å². The third-order valence-corrected chi connectivity index (χ3v) is 3.15. The second-order valence-electron chi connectivity index (χ2n) is 3.43. The van der Waals surface area contributed by atoms with Crippen molar-refractivity contribution >= 4 is 27.5 Å². The van der Waals surface area contributed by atoms with Gasteiger partial charge in [-0.15, -0.1) is 0 Å². The highest BCUT2D eigenvalue weighted by molar-refractivity contribution is 9.10. The number of carbonyl (C=O) groups excluding carboxylic acids is 1. The van der Waals surface area contributed by atoms with E-state index in [-0.39, 0.29) is 12.5 Å². The van der Waals surface area contributed by atoms with E-state index in [9.17, 15) is 4.79 Å². The van der Waals surface area contributed by atoms with Gasteiger partial charge in [0.15, 0.2) is 6.10 Å². The van der Waals surface area contributed by atoms with E-state index in [2.05, 4.69) is 21.2 Å². The molecule has 3 N–H and O–H groups in total. The van der Waals surface area contributed by atoms with E-state index in [0.29, 0.717) is 11.4 Å². The number of amides is 1. The molecule has 1 heterocycles. The summed E-state index contributed by atoms with van der Waals surface area (Å²) in [5, 5.41) is 2.76. The molecule has 1 atom stereocenters. The number of carbonyl (C=O) groups is 1. The van der Waals surface area contributed by atoms with Crippen LogP contribution in [0.4, 0.5) is 5.69 Å². The fraction of sp³-hybridized carbons (Fsp3) is 0.300. The number of hydrogen-bond donors (Lipinski definition) is 2. The number of ether oxygens (including phenoxy) is 1. The molecule has 0 aliphatic carbocycles. The van der Waals surface area contributed by atoms with Gasteiger partial charge in [0.05, 0.1) is 5.69 Å². The molecule has 0 aromatic heterocycles. The van der Waals surface area contributed by atoms with E-state index in [1.54, 1.807) is 0 Å². The third-order valence-electron chi connectivity index (χ3n) is 2.29. The largest absolute Gasteiger partial charge is 0.477 e. The average molecular weight is 271 g/mol. The van der Waals surface area contributed by atoms with Gasteiger partial charge in [-0.3, -0.25) is 4.79 Å². The predicted molar refractivity (Wildman–Crippen MR) is 61.0 cm³/mol. The second kappa shape index (κ2) is 3.83. The highest BCUT2D eigenvalue weighted by atomic mass is 79.9. The van der Waals surface area contributed by atoms with Crippen molar-refractivity contribution in [3.8, 4) is 5.75 Å². The van der Waals surface area contributed by atoms with Crippen LogP contribution in [-0.4, -0.2) is 18.6 Å². The Kier molecular flexibility index (Phi) is 2.67. The second-order valence-corrected chi connectivity index (χ2v) is 4.28. The van der Waals surface area contributed by atoms with E-state index in [0.717, 1.165) is 10.0 Å². The molecule has 2 rings (SSSR count). The Balaban J connectivity index is 2.41. The van der Waals surface area contributed by atoms with Crippen LogP contribution in [0.5, 0.6) is 5.75 Å². The molecule has 0 saturated heterocycles. The number of halogens is 1. The minimum Gasteiger partial charge on any atom is -0.477 e. The van der Waals surface area contributed by atoms with Crippen molar-refractivity contribution in [1.29, 1.82) is 0 Å². The first-order valence-electron chi connectivity index (χ1n) is 4.59. The summed E-state index contributed by atoms with van der Waals surface area (Å²) >= 11 is 3.41. The first kappa shape index (κ1) is 10.4. The molecule has 4 nitrogen and oxygen atoms in total. The number of benzene rings is 1. The Morgan fingerprint density at radius 3 is 3.00 bits per heavy atom. The van der Waals surface area contributed by atoms with E-state index in [1.807, 2.05) is 19.1 Å². The summed E-state index contributed by atoms with van der Waals surface area (Å²) < 4.78 is 6.41. The van der Waals surface area contributed by atoms with Gasteiger partial charge in [-0.2, -0.15) is 0 Å². The van der Waals surface area contributed by atoms with Gasteiger partial charge in [0.25, 0.3) is 5.91 Å². The lowest BCUT2D eigenvalue weighted by Crippen LogP contribution is -2.42. The number of aryl methyl sites for hydroxylation is 1. The van der Waals surface area contributed by atoms with Crippen molar-refractivity contribution in [3.63, 3.8) is 0 Å². The van der Waals surface area contributed by atoms with Crippen molar-refractivity contribution in [3.05, 3.63) is 22.2 Å². The Bertz CT molecular complexity index is 420. The molecule has 15 heavy (non-hydrogen) atoms. The van der Waals surface area contributed by atoms with Crippen LogP contribution in [0.25, 0.3) is 0 Å². The fourth-order valence-electron chi connectivity index (χ4n) is 1.43. The molecular weight excluding hydrogens is 260 g/mol. The first-order chi connectivity index (χ1) is 7.11. The maximum Gasteiger partial charge on any atom is 0.266 e. The molecule has 1 unspecified atom stereocenters. The van der Waals surface area contributed by atoms with Gasteiger partial charge in [-0.05, 0) is 24.6 Å². The summed E-state index contributed by atoms with van der Waals surface area (Å²) in [6.07, 6.45) is -0.591. The number of nitrogens with one attached hydrogen (secondary N) is 1. The van der Waals surface area contributed by atoms with Crippen LogP contribution in [0.2, 0.25) is 0 Å². The molecule has 0 saturated carbocycles. The fourth-order valence-corrected chi connectivity index (χ4v) is 1.76. The molecular formula is C10H11BrN2O2. The van der Waals surface area contributed by atoms with Crippen molar-refractivity contribution in [2.75, 3.05) is 11.9 Å². The number of hydrogen-bond acceptors (Lipinski definition) is 3. The first-order valence-corrected chi connectivity index (χ1v) is 5.39. The van der Waals surface area contributed by atoms with Crippen molar-refractivity contribution in [1.82, 2.24) is 0 Å². The lowest BCUT2D eigenvalue weighted by Gasteiger charge is -2.25. The van der Waals surface area contributed by atoms with Crippen LogP contribution in [0.3, 0.4) is 0 Å². The molecule has 1 aromatic rings. The number of anilines is 1. The maximum absolute atomic E-state index is 11.5. The smallest absolute Gasteiger partial charge is 0.266 e. The Labute approximate surface area is 95.9 Å². The molecule has 0 fully saturated rings. The predicted octanol–water partition coefficient (Wildman–Crippen LogP) is 1.42. The summed E-state index contributed by atoms with van der Waals surface area (Å²) in [6, 6.07) is 3.71. The summed E-state index contributed by atoms with van der Waals surface area (Å²) in [5.41, 5.74) is 7.17. The third kappa shape index (κ3) is 1.85. The summed E-state index contributed by atoms with van der Waals surface area (Å²) in [6.45, 7) is 2.13. The molecule has 1 aliphatic rings. The molecule has 1 aliphatic heterocycles. The van der Waals surface area contributed by atoms with Crippen LogP contribution in [-0.2, 0) is 4.79 Å². The van der Waals surface area contributed by atoms with E-state index in [4.69, 9.17) is 10.5 Å².